The van der Waals surface area contributed by atoms with Crippen LogP contribution in [0.15, 0.2) is 76.3 Å². The molecule has 1 atom stereocenters. The van der Waals surface area contributed by atoms with E-state index in [1.165, 1.54) is 0 Å². The first-order valence-corrected chi connectivity index (χ1v) is 8.34. The molecule has 0 saturated carbocycles. The topological polar surface area (TPSA) is 47.2 Å². The maximum atomic E-state index is 13.1. The van der Waals surface area contributed by atoms with E-state index >= 15 is 0 Å². The number of para-hydroxylation sites is 2. The van der Waals surface area contributed by atoms with E-state index in [2.05, 4.69) is 9.88 Å². The SMILES string of the molecule is O=c1c(C2Nc3ccccc3-n3cccc32)coc2ccc(Cl)cc12. The average Bonchev–Trinajstić information content (AvgIpc) is 3.12. The number of fused-ring (bicyclic) bond motifs is 4. The summed E-state index contributed by atoms with van der Waals surface area (Å²) in [5, 5.41) is 4.47. The maximum Gasteiger partial charge on any atom is 0.198 e. The summed E-state index contributed by atoms with van der Waals surface area (Å²) in [6, 6.07) is 16.8. The van der Waals surface area contributed by atoms with E-state index in [4.69, 9.17) is 16.0 Å². The van der Waals surface area contributed by atoms with Gasteiger partial charge in [0.2, 0.25) is 0 Å². The number of benzene rings is 2. The minimum Gasteiger partial charge on any atom is -0.464 e. The number of halogens is 1. The predicted molar refractivity (Wildman–Crippen MR) is 98.7 cm³/mol. The van der Waals surface area contributed by atoms with Crippen molar-refractivity contribution in [2.45, 2.75) is 6.04 Å². The zero-order chi connectivity index (χ0) is 17.0. The molecular formula is C20H13ClN2O2. The van der Waals surface area contributed by atoms with Gasteiger partial charge in [-0.05, 0) is 42.5 Å². The van der Waals surface area contributed by atoms with Crippen LogP contribution in [0.3, 0.4) is 0 Å². The van der Waals surface area contributed by atoms with Crippen LogP contribution in [0.4, 0.5) is 5.69 Å². The van der Waals surface area contributed by atoms with Gasteiger partial charge in [0.25, 0.3) is 0 Å². The van der Waals surface area contributed by atoms with Crippen LogP contribution in [-0.4, -0.2) is 4.57 Å². The lowest BCUT2D eigenvalue weighted by molar-refractivity contribution is 0.587. The van der Waals surface area contributed by atoms with Crippen LogP contribution in [0.2, 0.25) is 5.02 Å². The molecule has 5 rings (SSSR count). The summed E-state index contributed by atoms with van der Waals surface area (Å²) < 4.78 is 7.80. The van der Waals surface area contributed by atoms with Gasteiger partial charge in [0.15, 0.2) is 5.43 Å². The summed E-state index contributed by atoms with van der Waals surface area (Å²) in [4.78, 5) is 13.1. The highest BCUT2D eigenvalue weighted by atomic mass is 35.5. The Bertz CT molecular complexity index is 1180. The zero-order valence-electron chi connectivity index (χ0n) is 13.1. The van der Waals surface area contributed by atoms with Crippen molar-refractivity contribution in [1.29, 1.82) is 0 Å². The van der Waals surface area contributed by atoms with Gasteiger partial charge < -0.3 is 14.3 Å². The summed E-state index contributed by atoms with van der Waals surface area (Å²) in [5.74, 6) is 0. The standard InChI is InChI=1S/C20H13ClN2O2/c21-12-7-8-18-13(10-12)20(24)14(11-25-18)19-17-6-3-9-23(17)16-5-2-1-4-15(16)22-19/h1-11,19,22H. The Labute approximate surface area is 148 Å². The smallest absolute Gasteiger partial charge is 0.198 e. The molecule has 1 aliphatic heterocycles. The van der Waals surface area contributed by atoms with Crippen molar-refractivity contribution < 1.29 is 4.42 Å². The van der Waals surface area contributed by atoms with Crippen LogP contribution in [0.1, 0.15) is 17.3 Å². The first-order chi connectivity index (χ1) is 12.2. The van der Waals surface area contributed by atoms with E-state index in [1.807, 2.05) is 42.6 Å². The molecule has 1 N–H and O–H groups in total. The lowest BCUT2D eigenvalue weighted by Gasteiger charge is -2.29. The van der Waals surface area contributed by atoms with E-state index in [0.717, 1.165) is 17.1 Å². The molecule has 0 radical (unpaired) electrons. The summed E-state index contributed by atoms with van der Waals surface area (Å²) in [6.45, 7) is 0. The molecule has 3 heterocycles. The van der Waals surface area contributed by atoms with E-state index in [1.54, 1.807) is 24.5 Å². The van der Waals surface area contributed by atoms with Crippen molar-refractivity contribution in [3.05, 3.63) is 93.6 Å². The molecule has 122 valence electrons. The molecule has 0 aliphatic carbocycles. The minimum atomic E-state index is -0.287. The van der Waals surface area contributed by atoms with Gasteiger partial charge in [-0.1, -0.05) is 23.7 Å². The Balaban J connectivity index is 1.74. The second-order valence-corrected chi connectivity index (χ2v) is 6.49. The van der Waals surface area contributed by atoms with Crippen molar-refractivity contribution in [1.82, 2.24) is 4.57 Å². The van der Waals surface area contributed by atoms with Crippen LogP contribution in [-0.2, 0) is 0 Å². The summed E-state index contributed by atoms with van der Waals surface area (Å²) in [5.41, 5.74) is 4.04. The molecule has 4 aromatic rings. The largest absolute Gasteiger partial charge is 0.464 e. The van der Waals surface area contributed by atoms with E-state index in [9.17, 15) is 4.79 Å². The van der Waals surface area contributed by atoms with Crippen LogP contribution >= 0.6 is 11.6 Å². The summed E-state index contributed by atoms with van der Waals surface area (Å²) in [6.07, 6.45) is 3.54. The van der Waals surface area contributed by atoms with Gasteiger partial charge >= 0.3 is 0 Å². The third kappa shape index (κ3) is 2.11. The molecule has 1 unspecified atom stereocenters. The fourth-order valence-corrected chi connectivity index (χ4v) is 3.61. The number of aromatic nitrogens is 1. The molecule has 1 aliphatic rings. The Kier molecular flexibility index (Phi) is 3.02. The van der Waals surface area contributed by atoms with Crippen LogP contribution in [0.25, 0.3) is 16.7 Å². The Morgan fingerprint density at radius 3 is 2.88 bits per heavy atom. The Morgan fingerprint density at radius 2 is 1.96 bits per heavy atom. The Hall–Kier alpha value is -2.98. The lowest BCUT2D eigenvalue weighted by Crippen LogP contribution is -2.26. The minimum absolute atomic E-state index is 0.0756. The van der Waals surface area contributed by atoms with Gasteiger partial charge in [-0.3, -0.25) is 4.79 Å². The second kappa shape index (κ2) is 5.26. The zero-order valence-corrected chi connectivity index (χ0v) is 13.8. The van der Waals surface area contributed by atoms with Crippen LogP contribution in [0, 0.1) is 0 Å². The number of nitrogens with one attached hydrogen (secondary N) is 1. The lowest BCUT2D eigenvalue weighted by atomic mass is 10.0. The summed E-state index contributed by atoms with van der Waals surface area (Å²) in [7, 11) is 0. The first-order valence-electron chi connectivity index (χ1n) is 7.96. The third-order valence-corrected chi connectivity index (χ3v) is 4.85. The monoisotopic (exact) mass is 348 g/mol. The van der Waals surface area contributed by atoms with Gasteiger partial charge in [0.05, 0.1) is 28.4 Å². The highest BCUT2D eigenvalue weighted by Crippen LogP contribution is 2.36. The fourth-order valence-electron chi connectivity index (χ4n) is 3.44. The normalized spacial score (nSPS) is 15.5. The predicted octanol–water partition coefficient (Wildman–Crippen LogP) is 4.75. The molecular weight excluding hydrogens is 336 g/mol. The molecule has 0 amide bonds. The third-order valence-electron chi connectivity index (χ3n) is 4.61. The fraction of sp³-hybridized carbons (Fsp3) is 0.0500. The van der Waals surface area contributed by atoms with Crippen molar-refractivity contribution in [3.8, 4) is 5.69 Å². The highest BCUT2D eigenvalue weighted by Gasteiger charge is 2.27. The molecule has 25 heavy (non-hydrogen) atoms. The van der Waals surface area contributed by atoms with Gasteiger partial charge in [-0.15, -0.1) is 0 Å². The van der Waals surface area contributed by atoms with Crippen LogP contribution in [0.5, 0.6) is 0 Å². The molecule has 5 heteroatoms. The first kappa shape index (κ1) is 14.4. The quantitative estimate of drug-likeness (QED) is 0.540. The van der Waals surface area contributed by atoms with Crippen LogP contribution < -0.4 is 10.7 Å². The van der Waals surface area contributed by atoms with Gasteiger partial charge in [0.1, 0.15) is 11.8 Å². The van der Waals surface area contributed by atoms with E-state index in [-0.39, 0.29) is 11.5 Å². The van der Waals surface area contributed by atoms with Gasteiger partial charge in [-0.25, -0.2) is 0 Å². The molecule has 2 aromatic carbocycles. The summed E-state index contributed by atoms with van der Waals surface area (Å²) >= 11 is 6.06. The number of anilines is 1. The van der Waals surface area contributed by atoms with E-state index < -0.39 is 0 Å². The Morgan fingerprint density at radius 1 is 1.08 bits per heavy atom. The maximum absolute atomic E-state index is 13.1. The van der Waals surface area contributed by atoms with Crippen molar-refractivity contribution in [2.75, 3.05) is 5.32 Å². The second-order valence-electron chi connectivity index (χ2n) is 6.06. The van der Waals surface area contributed by atoms with Gasteiger partial charge in [0, 0.05) is 16.9 Å². The number of hydrogen-bond acceptors (Lipinski definition) is 3. The molecule has 0 bridgehead atoms. The van der Waals surface area contributed by atoms with E-state index in [0.29, 0.717) is 21.6 Å². The van der Waals surface area contributed by atoms with Crippen molar-refractivity contribution >= 4 is 28.3 Å². The number of rotatable bonds is 1. The number of hydrogen-bond donors (Lipinski definition) is 1. The van der Waals surface area contributed by atoms with Crippen molar-refractivity contribution in [2.24, 2.45) is 0 Å². The molecule has 2 aromatic heterocycles. The molecule has 0 saturated heterocycles. The molecule has 0 fully saturated rings. The average molecular weight is 349 g/mol. The van der Waals surface area contributed by atoms with Gasteiger partial charge in [-0.2, -0.15) is 0 Å². The molecule has 4 nitrogen and oxygen atoms in total. The molecule has 0 spiro atoms. The number of nitrogens with zero attached hydrogens (tertiary/aromatic N) is 1. The van der Waals surface area contributed by atoms with Crippen molar-refractivity contribution in [3.63, 3.8) is 0 Å². The highest BCUT2D eigenvalue weighted by molar-refractivity contribution is 6.31.